The number of nitriles is 1. The third-order valence-electron chi connectivity index (χ3n) is 0.948. The number of nitrogens with zero attached hydrogens (tertiary/aromatic N) is 2. The summed E-state index contributed by atoms with van der Waals surface area (Å²) >= 11 is 0. The second kappa shape index (κ2) is 2.98. The lowest BCUT2D eigenvalue weighted by molar-refractivity contribution is 1.25. The Morgan fingerprint density at radius 2 is 2.12 bits per heavy atom. The molecule has 0 saturated heterocycles. The standard InChI is InChI=1S/C6H8N2/c1-5(4-7)6(2)8-3/h3H2,1-2H3/b6-5-. The number of aliphatic imine (C=N–C) groups is 1. The normalized spacial score (nSPS) is 11.6. The molecule has 0 aliphatic heterocycles. The molecule has 0 amide bonds. The minimum Gasteiger partial charge on any atom is -0.268 e. The Kier molecular flexibility index (Phi) is 2.57. The van der Waals surface area contributed by atoms with Crippen LogP contribution in [-0.2, 0) is 0 Å². The van der Waals surface area contributed by atoms with E-state index in [4.69, 9.17) is 5.26 Å². The van der Waals surface area contributed by atoms with Crippen molar-refractivity contribution < 1.29 is 0 Å². The lowest BCUT2D eigenvalue weighted by atomic mass is 10.3. The van der Waals surface area contributed by atoms with Crippen LogP contribution in [0.3, 0.4) is 0 Å². The van der Waals surface area contributed by atoms with Crippen LogP contribution in [0.1, 0.15) is 13.8 Å². The molecule has 2 heteroatoms. The van der Waals surface area contributed by atoms with Crippen LogP contribution >= 0.6 is 0 Å². The summed E-state index contributed by atoms with van der Waals surface area (Å²) < 4.78 is 0. The molecule has 8 heavy (non-hydrogen) atoms. The Balaban J connectivity index is 4.33. The van der Waals surface area contributed by atoms with Crippen molar-refractivity contribution in [3.8, 4) is 6.07 Å². The van der Waals surface area contributed by atoms with E-state index in [-0.39, 0.29) is 0 Å². The highest BCUT2D eigenvalue weighted by molar-refractivity contribution is 5.33. The maximum Gasteiger partial charge on any atom is 0.0963 e. The summed E-state index contributed by atoms with van der Waals surface area (Å²) in [5.41, 5.74) is 1.33. The fraction of sp³-hybridized carbons (Fsp3) is 0.333. The second-order valence-corrected chi connectivity index (χ2v) is 1.48. The predicted molar refractivity (Wildman–Crippen MR) is 33.5 cm³/mol. The van der Waals surface area contributed by atoms with Gasteiger partial charge in [0.25, 0.3) is 0 Å². The highest BCUT2D eigenvalue weighted by Gasteiger charge is 1.87. The molecule has 0 atom stereocenters. The molecule has 0 rings (SSSR count). The molecule has 0 aromatic rings. The zero-order valence-electron chi connectivity index (χ0n) is 5.10. The van der Waals surface area contributed by atoms with E-state index in [1.54, 1.807) is 13.8 Å². The van der Waals surface area contributed by atoms with Gasteiger partial charge in [0, 0.05) is 11.3 Å². The van der Waals surface area contributed by atoms with Crippen LogP contribution in [0.5, 0.6) is 0 Å². The van der Waals surface area contributed by atoms with Crippen LogP contribution in [0.4, 0.5) is 0 Å². The Morgan fingerprint density at radius 1 is 1.62 bits per heavy atom. The molecule has 0 bridgehead atoms. The van der Waals surface area contributed by atoms with E-state index in [2.05, 4.69) is 11.7 Å². The largest absolute Gasteiger partial charge is 0.268 e. The minimum atomic E-state index is 0.625. The first-order chi connectivity index (χ1) is 3.72. The van der Waals surface area contributed by atoms with E-state index in [1.165, 1.54) is 0 Å². The Labute approximate surface area is 49.2 Å². The third-order valence-corrected chi connectivity index (χ3v) is 0.948. The van der Waals surface area contributed by atoms with Crippen LogP contribution in [-0.4, -0.2) is 6.72 Å². The van der Waals surface area contributed by atoms with Gasteiger partial charge in [-0.2, -0.15) is 5.26 Å². The van der Waals surface area contributed by atoms with Crippen LogP contribution in [0.2, 0.25) is 0 Å². The van der Waals surface area contributed by atoms with Gasteiger partial charge in [-0.05, 0) is 20.6 Å². The van der Waals surface area contributed by atoms with E-state index in [0.29, 0.717) is 11.3 Å². The van der Waals surface area contributed by atoms with Crippen LogP contribution in [0.15, 0.2) is 16.3 Å². The van der Waals surface area contributed by atoms with Crippen LogP contribution in [0, 0.1) is 11.3 Å². The lowest BCUT2D eigenvalue weighted by Crippen LogP contribution is -1.73. The summed E-state index contributed by atoms with van der Waals surface area (Å²) in [6.45, 7) is 6.74. The molecule has 0 unspecified atom stereocenters. The average Bonchev–Trinajstić information content (AvgIpc) is 1.84. The Bertz CT molecular complexity index is 160. The molecular weight excluding hydrogens is 100 g/mol. The zero-order valence-corrected chi connectivity index (χ0v) is 5.10. The van der Waals surface area contributed by atoms with Crippen molar-refractivity contribution in [3.63, 3.8) is 0 Å². The summed E-state index contributed by atoms with van der Waals surface area (Å²) in [4.78, 5) is 3.57. The van der Waals surface area contributed by atoms with Crippen molar-refractivity contribution in [2.24, 2.45) is 4.99 Å². The first-order valence-corrected chi connectivity index (χ1v) is 2.26. The fourth-order valence-corrected chi connectivity index (χ4v) is 0.199. The highest BCUT2D eigenvalue weighted by Crippen LogP contribution is 2.00. The molecule has 0 saturated carbocycles. The molecule has 0 aliphatic carbocycles. The smallest absolute Gasteiger partial charge is 0.0963 e. The molecule has 42 valence electrons. The van der Waals surface area contributed by atoms with Gasteiger partial charge in [0.05, 0.1) is 6.07 Å². The van der Waals surface area contributed by atoms with E-state index >= 15 is 0 Å². The van der Waals surface area contributed by atoms with Crippen molar-refractivity contribution in [1.29, 1.82) is 5.26 Å². The van der Waals surface area contributed by atoms with Gasteiger partial charge >= 0.3 is 0 Å². The van der Waals surface area contributed by atoms with Crippen molar-refractivity contribution in [1.82, 2.24) is 0 Å². The van der Waals surface area contributed by atoms with Crippen molar-refractivity contribution in [3.05, 3.63) is 11.3 Å². The van der Waals surface area contributed by atoms with Gasteiger partial charge in [-0.15, -0.1) is 0 Å². The minimum absolute atomic E-state index is 0.625. The number of rotatable bonds is 1. The summed E-state index contributed by atoms with van der Waals surface area (Å²) in [6.07, 6.45) is 0. The zero-order chi connectivity index (χ0) is 6.57. The fourth-order valence-electron chi connectivity index (χ4n) is 0.199. The second-order valence-electron chi connectivity index (χ2n) is 1.48. The van der Waals surface area contributed by atoms with E-state index in [0.717, 1.165) is 0 Å². The van der Waals surface area contributed by atoms with E-state index in [9.17, 15) is 0 Å². The van der Waals surface area contributed by atoms with Crippen molar-refractivity contribution >= 4 is 6.72 Å². The predicted octanol–water partition coefficient (Wildman–Crippen LogP) is 1.50. The van der Waals surface area contributed by atoms with Crippen LogP contribution < -0.4 is 0 Å². The lowest BCUT2D eigenvalue weighted by Gasteiger charge is -1.87. The molecule has 0 radical (unpaired) electrons. The average molecular weight is 108 g/mol. The topological polar surface area (TPSA) is 36.1 Å². The van der Waals surface area contributed by atoms with E-state index < -0.39 is 0 Å². The monoisotopic (exact) mass is 108 g/mol. The summed E-state index contributed by atoms with van der Waals surface area (Å²) in [5.74, 6) is 0. The van der Waals surface area contributed by atoms with Crippen molar-refractivity contribution in [2.75, 3.05) is 0 Å². The summed E-state index contributed by atoms with van der Waals surface area (Å²) in [5, 5.41) is 8.24. The molecule has 0 N–H and O–H groups in total. The van der Waals surface area contributed by atoms with Gasteiger partial charge in [-0.3, -0.25) is 4.99 Å². The van der Waals surface area contributed by atoms with Gasteiger partial charge in [0.2, 0.25) is 0 Å². The number of hydrogen-bond acceptors (Lipinski definition) is 2. The Hall–Kier alpha value is -1.10. The maximum absolute atomic E-state index is 8.24. The molecule has 0 fully saturated rings. The molecular formula is C6H8N2. The van der Waals surface area contributed by atoms with Gasteiger partial charge < -0.3 is 0 Å². The third kappa shape index (κ3) is 1.57. The number of allylic oxidation sites excluding steroid dienone is 2. The van der Waals surface area contributed by atoms with Gasteiger partial charge in [0.15, 0.2) is 0 Å². The quantitative estimate of drug-likeness (QED) is 0.370. The van der Waals surface area contributed by atoms with Crippen LogP contribution in [0.25, 0.3) is 0 Å². The molecule has 0 aromatic carbocycles. The number of hydrogen-bond donors (Lipinski definition) is 0. The molecule has 0 aliphatic rings. The molecule has 0 heterocycles. The Morgan fingerprint density at radius 3 is 2.25 bits per heavy atom. The van der Waals surface area contributed by atoms with Gasteiger partial charge in [-0.1, -0.05) is 0 Å². The molecule has 0 aromatic heterocycles. The first kappa shape index (κ1) is 6.90. The summed E-state index contributed by atoms with van der Waals surface area (Å²) in [6, 6.07) is 1.96. The van der Waals surface area contributed by atoms with E-state index in [1.807, 2.05) is 6.07 Å². The molecule has 0 spiro atoms. The van der Waals surface area contributed by atoms with Gasteiger partial charge in [-0.25, -0.2) is 0 Å². The highest BCUT2D eigenvalue weighted by atomic mass is 14.7. The summed E-state index contributed by atoms with van der Waals surface area (Å²) in [7, 11) is 0. The first-order valence-electron chi connectivity index (χ1n) is 2.26. The molecule has 2 nitrogen and oxygen atoms in total. The SMILES string of the molecule is C=N/C(C)=C(/C)C#N. The maximum atomic E-state index is 8.24. The van der Waals surface area contributed by atoms with Gasteiger partial charge in [0.1, 0.15) is 0 Å². The van der Waals surface area contributed by atoms with Crippen molar-refractivity contribution in [2.45, 2.75) is 13.8 Å².